The van der Waals surface area contributed by atoms with Gasteiger partial charge in [0.15, 0.2) is 0 Å². The van der Waals surface area contributed by atoms with Crippen LogP contribution in [0.3, 0.4) is 0 Å². The van der Waals surface area contributed by atoms with Crippen molar-refractivity contribution < 1.29 is 14.8 Å². The first kappa shape index (κ1) is 13.7. The van der Waals surface area contributed by atoms with Gasteiger partial charge in [-0.05, 0) is 17.5 Å². The average Bonchev–Trinajstić information content (AvgIpc) is 2.94. The highest BCUT2D eigenvalue weighted by molar-refractivity contribution is 7.12. The SMILES string of the molecule is O=C(N/N=C\c1cccc([N+](=O)[O-])c1O)c1cccs1. The van der Waals surface area contributed by atoms with Gasteiger partial charge in [-0.25, -0.2) is 5.43 Å². The van der Waals surface area contributed by atoms with Crippen molar-refractivity contribution in [3.8, 4) is 5.75 Å². The summed E-state index contributed by atoms with van der Waals surface area (Å²) in [4.78, 5) is 22.0. The van der Waals surface area contributed by atoms with Crippen LogP contribution in [0.2, 0.25) is 0 Å². The fourth-order valence-electron chi connectivity index (χ4n) is 1.42. The van der Waals surface area contributed by atoms with Crippen LogP contribution in [-0.2, 0) is 0 Å². The van der Waals surface area contributed by atoms with Crippen molar-refractivity contribution in [2.75, 3.05) is 0 Å². The van der Waals surface area contributed by atoms with Crippen molar-refractivity contribution in [2.24, 2.45) is 5.10 Å². The van der Waals surface area contributed by atoms with E-state index in [-0.39, 0.29) is 11.5 Å². The molecule has 20 heavy (non-hydrogen) atoms. The molecule has 0 aliphatic rings. The van der Waals surface area contributed by atoms with Gasteiger partial charge < -0.3 is 5.11 Å². The molecule has 0 saturated heterocycles. The maximum absolute atomic E-state index is 11.6. The fourth-order valence-corrected chi connectivity index (χ4v) is 2.04. The van der Waals surface area contributed by atoms with Gasteiger partial charge >= 0.3 is 5.69 Å². The molecule has 1 aromatic carbocycles. The summed E-state index contributed by atoms with van der Waals surface area (Å²) in [6.07, 6.45) is 1.15. The van der Waals surface area contributed by atoms with Crippen LogP contribution in [0.5, 0.6) is 5.75 Å². The lowest BCUT2D eigenvalue weighted by molar-refractivity contribution is -0.385. The minimum atomic E-state index is -0.698. The molecule has 1 aromatic heterocycles. The predicted octanol–water partition coefficient (Wildman–Crippen LogP) is 2.13. The Labute approximate surface area is 117 Å². The molecule has 8 heteroatoms. The second-order valence-corrected chi connectivity index (χ2v) is 4.60. The van der Waals surface area contributed by atoms with E-state index in [0.29, 0.717) is 4.88 Å². The topological polar surface area (TPSA) is 105 Å². The van der Waals surface area contributed by atoms with Crippen LogP contribution < -0.4 is 5.43 Å². The normalized spacial score (nSPS) is 10.6. The first-order valence-electron chi connectivity index (χ1n) is 5.43. The Morgan fingerprint density at radius 1 is 1.40 bits per heavy atom. The Hall–Kier alpha value is -2.74. The van der Waals surface area contributed by atoms with Crippen molar-refractivity contribution in [3.05, 3.63) is 56.3 Å². The van der Waals surface area contributed by atoms with E-state index >= 15 is 0 Å². The van der Waals surface area contributed by atoms with E-state index in [1.165, 1.54) is 29.5 Å². The van der Waals surface area contributed by atoms with Crippen LogP contribution in [0.25, 0.3) is 0 Å². The van der Waals surface area contributed by atoms with E-state index in [4.69, 9.17) is 0 Å². The van der Waals surface area contributed by atoms with Gasteiger partial charge in [-0.2, -0.15) is 5.10 Å². The van der Waals surface area contributed by atoms with Gasteiger partial charge in [-0.15, -0.1) is 11.3 Å². The summed E-state index contributed by atoms with van der Waals surface area (Å²) in [5.41, 5.74) is 2.00. The van der Waals surface area contributed by atoms with Crippen molar-refractivity contribution in [1.82, 2.24) is 5.43 Å². The summed E-state index contributed by atoms with van der Waals surface area (Å²) in [6, 6.07) is 7.41. The molecule has 2 N–H and O–H groups in total. The molecule has 0 saturated carbocycles. The van der Waals surface area contributed by atoms with Crippen molar-refractivity contribution in [2.45, 2.75) is 0 Å². The molecule has 102 valence electrons. The molecular weight excluding hydrogens is 282 g/mol. The molecule has 0 aliphatic carbocycles. The lowest BCUT2D eigenvalue weighted by atomic mass is 10.2. The van der Waals surface area contributed by atoms with E-state index < -0.39 is 16.4 Å². The van der Waals surface area contributed by atoms with Crippen LogP contribution >= 0.6 is 11.3 Å². The molecule has 0 spiro atoms. The molecule has 0 radical (unpaired) electrons. The van der Waals surface area contributed by atoms with Gasteiger partial charge in [0.05, 0.1) is 16.0 Å². The number of amides is 1. The van der Waals surface area contributed by atoms with E-state index in [1.807, 2.05) is 0 Å². The van der Waals surface area contributed by atoms with Crippen molar-refractivity contribution in [1.29, 1.82) is 0 Å². The number of benzene rings is 1. The number of aromatic hydroxyl groups is 1. The van der Waals surface area contributed by atoms with Crippen molar-refractivity contribution >= 4 is 29.1 Å². The summed E-state index contributed by atoms with van der Waals surface area (Å²) < 4.78 is 0. The number of nitrogens with zero attached hydrogens (tertiary/aromatic N) is 2. The smallest absolute Gasteiger partial charge is 0.311 e. The van der Waals surface area contributed by atoms with Gasteiger partial charge in [0.25, 0.3) is 5.91 Å². The summed E-state index contributed by atoms with van der Waals surface area (Å²) >= 11 is 1.26. The largest absolute Gasteiger partial charge is 0.502 e. The summed E-state index contributed by atoms with van der Waals surface area (Å²) in [6.45, 7) is 0. The zero-order chi connectivity index (χ0) is 14.5. The molecule has 0 aliphatic heterocycles. The molecule has 2 aromatic rings. The Morgan fingerprint density at radius 3 is 2.85 bits per heavy atom. The third-order valence-corrected chi connectivity index (χ3v) is 3.23. The lowest BCUT2D eigenvalue weighted by Gasteiger charge is -1.99. The van der Waals surface area contributed by atoms with Gasteiger partial charge in [0.2, 0.25) is 5.75 Å². The number of hydrazone groups is 1. The average molecular weight is 291 g/mol. The van der Waals surface area contributed by atoms with Gasteiger partial charge in [0.1, 0.15) is 0 Å². The Balaban J connectivity index is 2.10. The number of hydrogen-bond acceptors (Lipinski definition) is 6. The van der Waals surface area contributed by atoms with E-state index in [0.717, 1.165) is 6.21 Å². The summed E-state index contributed by atoms with van der Waals surface area (Å²) in [5.74, 6) is -0.882. The maximum atomic E-state index is 11.6. The predicted molar refractivity (Wildman–Crippen MR) is 74.1 cm³/mol. The lowest BCUT2D eigenvalue weighted by Crippen LogP contribution is -2.16. The third-order valence-electron chi connectivity index (χ3n) is 2.36. The Kier molecular flexibility index (Phi) is 4.06. The van der Waals surface area contributed by atoms with Crippen molar-refractivity contribution in [3.63, 3.8) is 0 Å². The van der Waals surface area contributed by atoms with E-state index in [2.05, 4.69) is 10.5 Å². The van der Waals surface area contributed by atoms with E-state index in [9.17, 15) is 20.0 Å². The van der Waals surface area contributed by atoms with Crippen LogP contribution in [0.15, 0.2) is 40.8 Å². The zero-order valence-electron chi connectivity index (χ0n) is 10.0. The number of nitrogens with one attached hydrogen (secondary N) is 1. The van der Waals surface area contributed by atoms with Crippen LogP contribution in [0, 0.1) is 10.1 Å². The van der Waals surface area contributed by atoms with Gasteiger partial charge in [0, 0.05) is 11.6 Å². The van der Waals surface area contributed by atoms with Crippen LogP contribution in [-0.4, -0.2) is 22.2 Å². The molecule has 1 heterocycles. The first-order valence-corrected chi connectivity index (χ1v) is 6.31. The molecule has 0 fully saturated rings. The number of thiophene rings is 1. The highest BCUT2D eigenvalue weighted by Gasteiger charge is 2.15. The molecule has 0 bridgehead atoms. The molecule has 2 rings (SSSR count). The second kappa shape index (κ2) is 5.93. The number of hydrogen-bond donors (Lipinski definition) is 2. The molecule has 1 amide bonds. The van der Waals surface area contributed by atoms with Crippen LogP contribution in [0.1, 0.15) is 15.2 Å². The number of nitro benzene ring substituents is 1. The third kappa shape index (κ3) is 2.98. The van der Waals surface area contributed by atoms with Gasteiger partial charge in [-0.3, -0.25) is 14.9 Å². The zero-order valence-corrected chi connectivity index (χ0v) is 10.8. The first-order chi connectivity index (χ1) is 9.59. The number of carbonyl (C=O) groups excluding carboxylic acids is 1. The quantitative estimate of drug-likeness (QED) is 0.511. The number of rotatable bonds is 4. The maximum Gasteiger partial charge on any atom is 0.311 e. The van der Waals surface area contributed by atoms with E-state index in [1.54, 1.807) is 17.5 Å². The van der Waals surface area contributed by atoms with Gasteiger partial charge in [-0.1, -0.05) is 12.1 Å². The standard InChI is InChI=1S/C12H9N3O4S/c16-11-8(3-1-4-9(11)15(18)19)7-13-14-12(17)10-5-2-6-20-10/h1-7,16H,(H,14,17)/b13-7-. The number of nitro groups is 1. The second-order valence-electron chi connectivity index (χ2n) is 3.65. The highest BCUT2D eigenvalue weighted by atomic mass is 32.1. The monoisotopic (exact) mass is 291 g/mol. The molecular formula is C12H9N3O4S. The molecule has 7 nitrogen and oxygen atoms in total. The Morgan fingerprint density at radius 2 is 2.20 bits per heavy atom. The molecule has 0 unspecified atom stereocenters. The number of phenolic OH excluding ortho intramolecular Hbond substituents is 1. The Bertz CT molecular complexity index is 667. The minimum absolute atomic E-state index is 0.144. The minimum Gasteiger partial charge on any atom is -0.502 e. The summed E-state index contributed by atoms with van der Waals surface area (Å²) in [7, 11) is 0. The fraction of sp³-hybridized carbons (Fsp3) is 0. The number of phenols is 1. The highest BCUT2D eigenvalue weighted by Crippen LogP contribution is 2.27. The van der Waals surface area contributed by atoms with Crippen LogP contribution in [0.4, 0.5) is 5.69 Å². The number of carbonyl (C=O) groups is 1. The number of para-hydroxylation sites is 1. The summed E-state index contributed by atoms with van der Waals surface area (Å²) in [5, 5.41) is 25.7. The molecule has 0 atom stereocenters.